The number of sulfonamides is 1. The number of nitrogens with one attached hydrogen (secondary N) is 2. The minimum absolute atomic E-state index is 0.0687. The summed E-state index contributed by atoms with van der Waals surface area (Å²) >= 11 is 0. The van der Waals surface area contributed by atoms with Crippen molar-refractivity contribution < 1.29 is 26.4 Å². The molecule has 0 unspecified atom stereocenters. The Hall–Kier alpha value is -2.33. The Morgan fingerprint density at radius 2 is 1.78 bits per heavy atom. The van der Waals surface area contributed by atoms with Gasteiger partial charge in [0.05, 0.1) is 18.0 Å². The fraction of sp³-hybridized carbons (Fsp3) is 0.353. The van der Waals surface area contributed by atoms with Gasteiger partial charge in [0.15, 0.2) is 9.84 Å². The van der Waals surface area contributed by atoms with Crippen molar-refractivity contribution in [2.75, 3.05) is 17.6 Å². The molecule has 0 aliphatic rings. The maximum atomic E-state index is 12.9. The molecule has 2 N–H and O–H groups in total. The van der Waals surface area contributed by atoms with Gasteiger partial charge in [-0.15, -0.1) is 0 Å². The van der Waals surface area contributed by atoms with Crippen molar-refractivity contribution in [2.45, 2.75) is 31.4 Å². The lowest BCUT2D eigenvalue weighted by Gasteiger charge is -2.13. The number of para-hydroxylation sites is 1. The van der Waals surface area contributed by atoms with Crippen LogP contribution in [0, 0.1) is 13.8 Å². The minimum Gasteiger partial charge on any atom is -0.461 e. The molecule has 0 saturated heterocycles. The first-order valence-electron chi connectivity index (χ1n) is 8.11. The van der Waals surface area contributed by atoms with Crippen LogP contribution in [0.15, 0.2) is 29.2 Å². The number of hydrogen-bond acceptors (Lipinski definition) is 6. The number of anilines is 1. The number of sulfone groups is 1. The van der Waals surface area contributed by atoms with E-state index in [0.29, 0.717) is 5.56 Å². The first kappa shape index (κ1) is 21.0. The number of benzene rings is 1. The summed E-state index contributed by atoms with van der Waals surface area (Å²) in [5, 5.41) is 0. The van der Waals surface area contributed by atoms with Crippen LogP contribution in [0.25, 0.3) is 0 Å². The van der Waals surface area contributed by atoms with Crippen LogP contribution in [-0.4, -0.2) is 40.7 Å². The van der Waals surface area contributed by atoms with Gasteiger partial charge in [-0.25, -0.2) is 21.6 Å². The van der Waals surface area contributed by atoms with E-state index in [0.717, 1.165) is 6.26 Å². The molecular formula is C17H22N2O6S2. The highest BCUT2D eigenvalue weighted by Crippen LogP contribution is 2.27. The molecule has 0 atom stereocenters. The summed E-state index contributed by atoms with van der Waals surface area (Å²) in [6.45, 7) is 4.86. The number of H-pyrrole nitrogens is 1. The topological polar surface area (TPSA) is 122 Å². The van der Waals surface area contributed by atoms with Crippen molar-refractivity contribution in [1.82, 2.24) is 4.98 Å². The van der Waals surface area contributed by atoms with Crippen molar-refractivity contribution in [3.8, 4) is 0 Å². The highest BCUT2D eigenvalue weighted by Gasteiger charge is 2.28. The fourth-order valence-electron chi connectivity index (χ4n) is 2.77. The van der Waals surface area contributed by atoms with E-state index < -0.39 is 25.8 Å². The SMILES string of the molecule is CCOC(=O)c1[nH]c(C)c(S(=O)(=O)Nc2ccccc2CS(C)(=O)=O)c1C. The molecule has 0 amide bonds. The van der Waals surface area contributed by atoms with Crippen molar-refractivity contribution in [3.05, 3.63) is 46.8 Å². The van der Waals surface area contributed by atoms with Gasteiger partial charge in [0.25, 0.3) is 10.0 Å². The highest BCUT2D eigenvalue weighted by molar-refractivity contribution is 7.93. The first-order chi connectivity index (χ1) is 12.5. The molecule has 1 aromatic carbocycles. The van der Waals surface area contributed by atoms with Gasteiger partial charge in [-0.05, 0) is 32.4 Å². The van der Waals surface area contributed by atoms with E-state index in [1.165, 1.54) is 19.9 Å². The molecule has 1 heterocycles. The molecule has 1 aromatic heterocycles. The third-order valence-corrected chi connectivity index (χ3v) is 6.27. The molecule has 0 aliphatic heterocycles. The monoisotopic (exact) mass is 414 g/mol. The van der Waals surface area contributed by atoms with Gasteiger partial charge in [-0.3, -0.25) is 4.72 Å². The van der Waals surface area contributed by atoms with Gasteiger partial charge >= 0.3 is 5.97 Å². The first-order valence-corrected chi connectivity index (χ1v) is 11.7. The Kier molecular flexibility index (Phi) is 6.01. The van der Waals surface area contributed by atoms with Crippen LogP contribution < -0.4 is 4.72 Å². The number of aromatic nitrogens is 1. The largest absolute Gasteiger partial charge is 0.461 e. The average Bonchev–Trinajstić information content (AvgIpc) is 2.83. The van der Waals surface area contributed by atoms with E-state index >= 15 is 0 Å². The van der Waals surface area contributed by atoms with Crippen molar-refractivity contribution >= 4 is 31.5 Å². The second kappa shape index (κ2) is 7.73. The second-order valence-electron chi connectivity index (χ2n) is 6.13. The molecule has 2 aromatic rings. The number of carbonyl (C=O) groups excluding carboxylic acids is 1. The van der Waals surface area contributed by atoms with Gasteiger partial charge in [-0.1, -0.05) is 18.2 Å². The Labute approximate surface area is 158 Å². The molecule has 0 bridgehead atoms. The predicted octanol–water partition coefficient (Wildman–Crippen LogP) is 2.15. The van der Waals surface area contributed by atoms with Crippen molar-refractivity contribution in [2.24, 2.45) is 0 Å². The number of rotatable bonds is 7. The predicted molar refractivity (Wildman–Crippen MR) is 102 cm³/mol. The third kappa shape index (κ3) is 4.89. The molecule has 27 heavy (non-hydrogen) atoms. The summed E-state index contributed by atoms with van der Waals surface area (Å²) in [5.74, 6) is -0.942. The molecule has 0 spiro atoms. The van der Waals surface area contributed by atoms with Gasteiger partial charge < -0.3 is 9.72 Å². The molecule has 0 radical (unpaired) electrons. The average molecular weight is 415 g/mol. The number of aryl methyl sites for hydroxylation is 1. The summed E-state index contributed by atoms with van der Waals surface area (Å²) in [7, 11) is -7.42. The number of esters is 1. The lowest BCUT2D eigenvalue weighted by atomic mass is 10.2. The zero-order valence-electron chi connectivity index (χ0n) is 15.5. The van der Waals surface area contributed by atoms with Crippen LogP contribution in [0.5, 0.6) is 0 Å². The van der Waals surface area contributed by atoms with Gasteiger partial charge in [-0.2, -0.15) is 0 Å². The Balaban J connectivity index is 2.46. The van der Waals surface area contributed by atoms with Crippen LogP contribution >= 0.6 is 0 Å². The summed E-state index contributed by atoms with van der Waals surface area (Å²) < 4.78 is 56.4. The maximum Gasteiger partial charge on any atom is 0.355 e. The molecule has 8 nitrogen and oxygen atoms in total. The normalized spacial score (nSPS) is 12.0. The van der Waals surface area contributed by atoms with Crippen LogP contribution in [0.1, 0.15) is 34.2 Å². The van der Waals surface area contributed by atoms with E-state index in [1.807, 2.05) is 0 Å². The molecule has 0 aliphatic carbocycles. The molecular weight excluding hydrogens is 392 g/mol. The zero-order valence-corrected chi connectivity index (χ0v) is 17.1. The minimum atomic E-state index is -4.06. The number of carbonyl (C=O) groups is 1. The van der Waals surface area contributed by atoms with Crippen molar-refractivity contribution in [1.29, 1.82) is 0 Å². The lowest BCUT2D eigenvalue weighted by molar-refractivity contribution is 0.0519. The van der Waals surface area contributed by atoms with Crippen LogP contribution in [0.4, 0.5) is 5.69 Å². The molecule has 148 valence electrons. The van der Waals surface area contributed by atoms with Gasteiger partial charge in [0, 0.05) is 17.5 Å². The zero-order chi connectivity index (χ0) is 20.4. The Bertz CT molecular complexity index is 1070. The standard InChI is InChI=1S/C17H22N2O6S2/c1-5-25-17(20)15-11(2)16(12(3)18-15)27(23,24)19-14-9-7-6-8-13(14)10-26(4,21)22/h6-9,18-19H,5,10H2,1-4H3. The second-order valence-corrected chi connectivity index (χ2v) is 9.89. The maximum absolute atomic E-state index is 12.9. The third-order valence-electron chi connectivity index (χ3n) is 3.80. The number of hydrogen-bond donors (Lipinski definition) is 2. The number of ether oxygens (including phenoxy) is 1. The van der Waals surface area contributed by atoms with Crippen LogP contribution in [0.3, 0.4) is 0 Å². The van der Waals surface area contributed by atoms with Crippen LogP contribution in [-0.2, 0) is 30.4 Å². The smallest absolute Gasteiger partial charge is 0.355 e. The van der Waals surface area contributed by atoms with Crippen molar-refractivity contribution in [3.63, 3.8) is 0 Å². The quantitative estimate of drug-likeness (QED) is 0.670. The van der Waals surface area contributed by atoms with Crippen LogP contribution in [0.2, 0.25) is 0 Å². The molecule has 0 saturated carbocycles. The van der Waals surface area contributed by atoms with E-state index in [1.54, 1.807) is 25.1 Å². The van der Waals surface area contributed by atoms with E-state index in [9.17, 15) is 21.6 Å². The summed E-state index contributed by atoms with van der Waals surface area (Å²) in [4.78, 5) is 14.7. The Morgan fingerprint density at radius 1 is 1.15 bits per heavy atom. The van der Waals surface area contributed by atoms with Gasteiger partial charge in [0.2, 0.25) is 0 Å². The fourth-order valence-corrected chi connectivity index (χ4v) is 5.13. The summed E-state index contributed by atoms with van der Waals surface area (Å²) in [5.41, 5.74) is 1.09. The lowest BCUT2D eigenvalue weighted by Crippen LogP contribution is -2.16. The van der Waals surface area contributed by atoms with E-state index in [2.05, 4.69) is 9.71 Å². The number of aromatic amines is 1. The summed E-state index contributed by atoms with van der Waals surface area (Å²) in [6, 6.07) is 6.26. The Morgan fingerprint density at radius 3 is 2.37 bits per heavy atom. The highest BCUT2D eigenvalue weighted by atomic mass is 32.2. The van der Waals surface area contributed by atoms with Gasteiger partial charge in [0.1, 0.15) is 10.6 Å². The van der Waals surface area contributed by atoms with E-state index in [-0.39, 0.29) is 39.9 Å². The molecule has 2 rings (SSSR count). The molecule has 10 heteroatoms. The molecule has 0 fully saturated rings. The summed E-state index contributed by atoms with van der Waals surface area (Å²) in [6.07, 6.45) is 1.07. The van der Waals surface area contributed by atoms with E-state index in [4.69, 9.17) is 4.74 Å².